The normalized spacial score (nSPS) is 25.1. The van der Waals surface area contributed by atoms with E-state index in [1.807, 2.05) is 6.07 Å². The summed E-state index contributed by atoms with van der Waals surface area (Å²) in [6, 6.07) is 5.71. The van der Waals surface area contributed by atoms with E-state index in [-0.39, 0.29) is 11.0 Å². The molecule has 2 bridgehead atoms. The Balaban J connectivity index is 1.88. The van der Waals surface area contributed by atoms with Crippen molar-refractivity contribution in [2.24, 2.45) is 5.41 Å². The van der Waals surface area contributed by atoms with Crippen LogP contribution in [0.2, 0.25) is 0 Å². The molecule has 4 heteroatoms. The molecular formula is C17H16F2N2. The van der Waals surface area contributed by atoms with Crippen LogP contribution in [0.3, 0.4) is 0 Å². The fourth-order valence-electron chi connectivity index (χ4n) is 4.20. The summed E-state index contributed by atoms with van der Waals surface area (Å²) in [7, 11) is 0. The molecule has 0 spiro atoms. The lowest BCUT2D eigenvalue weighted by molar-refractivity contribution is 0.323. The second-order valence-corrected chi connectivity index (χ2v) is 6.67. The topological polar surface area (TPSA) is 25.8 Å². The lowest BCUT2D eigenvalue weighted by Crippen LogP contribution is -2.14. The second-order valence-electron chi connectivity index (χ2n) is 6.67. The van der Waals surface area contributed by atoms with Crippen LogP contribution in [0.4, 0.5) is 8.78 Å². The molecule has 2 nitrogen and oxygen atoms in total. The van der Waals surface area contributed by atoms with Gasteiger partial charge in [-0.2, -0.15) is 10.2 Å². The van der Waals surface area contributed by atoms with Crippen LogP contribution in [-0.2, 0) is 0 Å². The average molecular weight is 286 g/mol. The van der Waals surface area contributed by atoms with Gasteiger partial charge < -0.3 is 0 Å². The molecule has 2 atom stereocenters. The number of aromatic nitrogens is 2. The van der Waals surface area contributed by atoms with Crippen LogP contribution in [0.25, 0.3) is 11.3 Å². The summed E-state index contributed by atoms with van der Waals surface area (Å²) in [5.74, 6) is -0.343. The number of hydrogen-bond donors (Lipinski definition) is 0. The Kier molecular flexibility index (Phi) is 2.51. The first-order valence-corrected chi connectivity index (χ1v) is 7.32. The molecule has 1 saturated carbocycles. The van der Waals surface area contributed by atoms with E-state index >= 15 is 0 Å². The predicted octanol–water partition coefficient (Wildman–Crippen LogP) is 4.42. The first kappa shape index (κ1) is 12.9. The van der Waals surface area contributed by atoms with Crippen LogP contribution in [0.15, 0.2) is 24.3 Å². The van der Waals surface area contributed by atoms with Crippen LogP contribution in [0, 0.1) is 17.0 Å². The van der Waals surface area contributed by atoms with Crippen molar-refractivity contribution >= 4 is 0 Å². The number of fused-ring (bicyclic) bond motifs is 5. The van der Waals surface area contributed by atoms with Crippen LogP contribution < -0.4 is 0 Å². The first-order chi connectivity index (χ1) is 10.00. The van der Waals surface area contributed by atoms with Gasteiger partial charge in [-0.25, -0.2) is 8.78 Å². The van der Waals surface area contributed by atoms with Gasteiger partial charge >= 0.3 is 0 Å². The Morgan fingerprint density at radius 1 is 1.05 bits per heavy atom. The van der Waals surface area contributed by atoms with Crippen molar-refractivity contribution in [1.82, 2.24) is 10.2 Å². The van der Waals surface area contributed by atoms with Gasteiger partial charge in [0.25, 0.3) is 0 Å². The number of benzene rings is 1. The molecule has 2 aromatic rings. The molecular weight excluding hydrogens is 270 g/mol. The molecule has 0 radical (unpaired) electrons. The Bertz CT molecular complexity index is 719. The zero-order valence-corrected chi connectivity index (χ0v) is 12.0. The maximum atomic E-state index is 13.9. The van der Waals surface area contributed by atoms with Gasteiger partial charge in [0.2, 0.25) is 0 Å². The number of rotatable bonds is 1. The Morgan fingerprint density at radius 3 is 2.43 bits per heavy atom. The molecule has 21 heavy (non-hydrogen) atoms. The Hall–Kier alpha value is -1.84. The van der Waals surface area contributed by atoms with Crippen molar-refractivity contribution in [3.8, 4) is 11.3 Å². The van der Waals surface area contributed by atoms with E-state index in [1.165, 1.54) is 18.2 Å². The largest absolute Gasteiger partial charge is 0.206 e. The highest BCUT2D eigenvalue weighted by Gasteiger charge is 2.52. The molecule has 108 valence electrons. The fourth-order valence-corrected chi connectivity index (χ4v) is 4.20. The molecule has 1 heterocycles. The third kappa shape index (κ3) is 1.62. The van der Waals surface area contributed by atoms with Gasteiger partial charge in [-0.1, -0.05) is 19.9 Å². The van der Waals surface area contributed by atoms with Crippen LogP contribution in [-0.4, -0.2) is 10.2 Å². The molecule has 1 fully saturated rings. The summed E-state index contributed by atoms with van der Waals surface area (Å²) in [6.07, 6.45) is 2.25. The lowest BCUT2D eigenvalue weighted by Gasteiger charge is -2.23. The minimum atomic E-state index is -0.591. The lowest BCUT2D eigenvalue weighted by atomic mass is 9.80. The highest BCUT2D eigenvalue weighted by atomic mass is 19.1. The van der Waals surface area contributed by atoms with Crippen molar-refractivity contribution in [1.29, 1.82) is 0 Å². The molecule has 1 unspecified atom stereocenters. The highest BCUT2D eigenvalue weighted by Crippen LogP contribution is 2.63. The highest BCUT2D eigenvalue weighted by molar-refractivity contribution is 5.62. The Labute approximate surface area is 122 Å². The molecule has 0 amide bonds. The monoisotopic (exact) mass is 286 g/mol. The second kappa shape index (κ2) is 4.09. The summed E-state index contributed by atoms with van der Waals surface area (Å²) in [5.41, 5.74) is 2.55. The van der Waals surface area contributed by atoms with E-state index in [0.717, 1.165) is 24.1 Å². The summed E-state index contributed by atoms with van der Waals surface area (Å²) >= 11 is 0. The smallest absolute Gasteiger partial charge is 0.135 e. The third-order valence-corrected chi connectivity index (χ3v) is 5.32. The van der Waals surface area contributed by atoms with Gasteiger partial charge in [0.05, 0.1) is 17.0 Å². The van der Waals surface area contributed by atoms with E-state index < -0.39 is 11.6 Å². The maximum absolute atomic E-state index is 13.9. The number of nitrogens with zero attached hydrogens (tertiary/aromatic N) is 2. The fraction of sp³-hybridized carbons (Fsp3) is 0.412. The molecule has 2 aliphatic rings. The molecule has 1 aromatic carbocycles. The average Bonchev–Trinajstić information content (AvgIpc) is 2.85. The number of hydrogen-bond acceptors (Lipinski definition) is 2. The first-order valence-electron chi connectivity index (χ1n) is 7.32. The molecule has 1 aromatic heterocycles. The summed E-state index contributed by atoms with van der Waals surface area (Å²) in [4.78, 5) is 0. The van der Waals surface area contributed by atoms with E-state index in [4.69, 9.17) is 0 Å². The van der Waals surface area contributed by atoms with E-state index in [9.17, 15) is 8.78 Å². The van der Waals surface area contributed by atoms with Gasteiger partial charge in [-0.05, 0) is 47.9 Å². The van der Waals surface area contributed by atoms with Crippen molar-refractivity contribution in [2.45, 2.75) is 38.5 Å². The third-order valence-electron chi connectivity index (χ3n) is 5.32. The zero-order valence-electron chi connectivity index (χ0n) is 12.0. The standard InChI is InChI=1S/C17H16F2N2/c1-17(2)10-6-7-11(17)16-9(10)8-14(20-21-16)15-12(18)4-3-5-13(15)19/h3-5,8,10-11H,6-7H2,1-2H3/t10-,11?/m1/s1. The maximum Gasteiger partial charge on any atom is 0.135 e. The van der Waals surface area contributed by atoms with Crippen molar-refractivity contribution in [3.63, 3.8) is 0 Å². The molecule has 0 aliphatic heterocycles. The Morgan fingerprint density at radius 2 is 1.71 bits per heavy atom. The van der Waals surface area contributed by atoms with Crippen LogP contribution >= 0.6 is 0 Å². The van der Waals surface area contributed by atoms with E-state index in [2.05, 4.69) is 24.0 Å². The van der Waals surface area contributed by atoms with Gasteiger partial charge in [-0.15, -0.1) is 0 Å². The summed E-state index contributed by atoms with van der Waals surface area (Å²) < 4.78 is 27.8. The van der Waals surface area contributed by atoms with E-state index in [1.54, 1.807) is 0 Å². The quantitative estimate of drug-likeness (QED) is 0.775. The summed E-state index contributed by atoms with van der Waals surface area (Å²) in [5, 5.41) is 8.41. The van der Waals surface area contributed by atoms with Crippen molar-refractivity contribution in [2.75, 3.05) is 0 Å². The minimum Gasteiger partial charge on any atom is -0.206 e. The van der Waals surface area contributed by atoms with Crippen LogP contribution in [0.5, 0.6) is 0 Å². The van der Waals surface area contributed by atoms with Gasteiger partial charge in [0.1, 0.15) is 11.6 Å². The molecule has 4 rings (SSSR count). The van der Waals surface area contributed by atoms with E-state index in [0.29, 0.717) is 17.5 Å². The number of halogens is 2. The van der Waals surface area contributed by atoms with Crippen molar-refractivity contribution in [3.05, 3.63) is 47.2 Å². The summed E-state index contributed by atoms with van der Waals surface area (Å²) in [6.45, 7) is 4.50. The SMILES string of the molecule is CC1(C)C2CC[C@@H]1c1cc(-c3c(F)cccc3F)nnc12. The zero-order chi connectivity index (χ0) is 14.8. The van der Waals surface area contributed by atoms with Crippen LogP contribution in [0.1, 0.15) is 49.8 Å². The van der Waals surface area contributed by atoms with Crippen molar-refractivity contribution < 1.29 is 8.78 Å². The van der Waals surface area contributed by atoms with Gasteiger partial charge in [0.15, 0.2) is 0 Å². The minimum absolute atomic E-state index is 0.0756. The predicted molar refractivity (Wildman–Crippen MR) is 75.9 cm³/mol. The molecule has 0 N–H and O–H groups in total. The van der Waals surface area contributed by atoms with Gasteiger partial charge in [0, 0.05) is 5.92 Å². The van der Waals surface area contributed by atoms with Gasteiger partial charge in [-0.3, -0.25) is 0 Å². The molecule has 2 aliphatic carbocycles. The molecule has 0 saturated heterocycles.